The van der Waals surface area contributed by atoms with Crippen molar-refractivity contribution in [1.29, 1.82) is 0 Å². The molecule has 3 aliphatic carbocycles. The number of carbonyl (C=O) groups is 2. The van der Waals surface area contributed by atoms with Gasteiger partial charge in [0.1, 0.15) is 12.3 Å². The molecule has 5 aliphatic rings. The van der Waals surface area contributed by atoms with Crippen LogP contribution in [0.5, 0.6) is 0 Å². The number of ketones is 1. The minimum atomic E-state index is -1.27. The third kappa shape index (κ3) is 4.31. The van der Waals surface area contributed by atoms with Crippen LogP contribution in [-0.2, 0) is 20.9 Å². The number of aryl methyl sites for hydroxylation is 1. The topological polar surface area (TPSA) is 94.3 Å². The number of ether oxygens (including phenoxy) is 1. The fourth-order valence-corrected chi connectivity index (χ4v) is 8.33. The molecule has 4 fully saturated rings. The monoisotopic (exact) mass is 536 g/mol. The van der Waals surface area contributed by atoms with Crippen molar-refractivity contribution in [3.8, 4) is 0 Å². The van der Waals surface area contributed by atoms with E-state index in [0.717, 1.165) is 32.2 Å². The second kappa shape index (κ2) is 10.2. The molecule has 9 nitrogen and oxygen atoms in total. The van der Waals surface area contributed by atoms with Crippen LogP contribution in [0.1, 0.15) is 57.4 Å². The van der Waals surface area contributed by atoms with E-state index in [1.807, 2.05) is 21.5 Å². The molecule has 0 aromatic carbocycles. The highest BCUT2D eigenvalue weighted by atomic mass is 19.1. The molecule has 10 heteroatoms. The highest BCUT2D eigenvalue weighted by Crippen LogP contribution is 2.52. The Bertz CT molecular complexity index is 1220. The SMILES string of the molecule is O=C(NCCCn1ccnc1)C1=CN2C3C(CCC4CCCCC43)OC3C2C(CC(F)C3n2ccnc2)C1=O. The average molecular weight is 537 g/mol. The van der Waals surface area contributed by atoms with Crippen molar-refractivity contribution in [3.05, 3.63) is 49.2 Å². The lowest BCUT2D eigenvalue weighted by Crippen LogP contribution is -2.71. The number of alkyl halides is 1. The first-order valence-corrected chi connectivity index (χ1v) is 14.6. The molecule has 208 valence electrons. The molecule has 2 aromatic heterocycles. The van der Waals surface area contributed by atoms with Crippen LogP contribution in [0.2, 0.25) is 0 Å². The number of amides is 1. The summed E-state index contributed by atoms with van der Waals surface area (Å²) in [5.74, 6) is -0.0961. The first-order chi connectivity index (χ1) is 19.1. The van der Waals surface area contributed by atoms with Gasteiger partial charge in [-0.1, -0.05) is 19.3 Å². The van der Waals surface area contributed by atoms with Gasteiger partial charge in [0.05, 0.1) is 42.5 Å². The lowest BCUT2D eigenvalue weighted by atomic mass is 9.63. The van der Waals surface area contributed by atoms with Gasteiger partial charge in [0.25, 0.3) is 5.91 Å². The Hall–Kier alpha value is -3.01. The van der Waals surface area contributed by atoms with Gasteiger partial charge in [-0.25, -0.2) is 14.4 Å². The number of hydrogen-bond acceptors (Lipinski definition) is 6. The summed E-state index contributed by atoms with van der Waals surface area (Å²) in [4.78, 5) is 37.7. The molecule has 0 bridgehead atoms. The van der Waals surface area contributed by atoms with Crippen molar-refractivity contribution in [1.82, 2.24) is 29.3 Å². The second-order valence-electron chi connectivity index (χ2n) is 12.0. The zero-order valence-electron chi connectivity index (χ0n) is 22.1. The Morgan fingerprint density at radius 2 is 1.90 bits per heavy atom. The number of Topliss-reactive ketones (excluding diaryl/α,β-unsaturated/α-hetero) is 1. The van der Waals surface area contributed by atoms with Crippen molar-refractivity contribution < 1.29 is 18.7 Å². The maximum Gasteiger partial charge on any atom is 0.256 e. The minimum Gasteiger partial charge on any atom is -0.368 e. The first kappa shape index (κ1) is 25.0. The number of nitrogens with zero attached hydrogens (tertiary/aromatic N) is 5. The van der Waals surface area contributed by atoms with E-state index in [2.05, 4.69) is 20.2 Å². The third-order valence-corrected chi connectivity index (χ3v) is 10.00. The molecule has 2 aromatic rings. The van der Waals surface area contributed by atoms with Crippen molar-refractivity contribution in [3.63, 3.8) is 0 Å². The first-order valence-electron chi connectivity index (χ1n) is 14.6. The van der Waals surface area contributed by atoms with Gasteiger partial charge in [0.15, 0.2) is 5.78 Å². The zero-order chi connectivity index (χ0) is 26.5. The number of aromatic nitrogens is 4. The Labute approximate surface area is 227 Å². The predicted molar refractivity (Wildman–Crippen MR) is 140 cm³/mol. The van der Waals surface area contributed by atoms with E-state index < -0.39 is 24.2 Å². The second-order valence-corrected chi connectivity index (χ2v) is 12.0. The van der Waals surface area contributed by atoms with Gasteiger partial charge >= 0.3 is 0 Å². The number of fused-ring (bicyclic) bond motifs is 4. The summed E-state index contributed by atoms with van der Waals surface area (Å²) in [5.41, 5.74) is 0.171. The van der Waals surface area contributed by atoms with Gasteiger partial charge in [0.2, 0.25) is 0 Å². The summed E-state index contributed by atoms with van der Waals surface area (Å²) in [7, 11) is 0. The largest absolute Gasteiger partial charge is 0.368 e. The van der Waals surface area contributed by atoms with Gasteiger partial charge in [-0.05, 0) is 43.9 Å². The van der Waals surface area contributed by atoms with E-state index in [-0.39, 0.29) is 41.9 Å². The quantitative estimate of drug-likeness (QED) is 0.451. The number of rotatable bonds is 6. The molecule has 4 heterocycles. The summed E-state index contributed by atoms with van der Waals surface area (Å²) < 4.78 is 26.5. The molecule has 1 saturated heterocycles. The number of imidazole rings is 2. The number of carbonyl (C=O) groups excluding carboxylic acids is 2. The van der Waals surface area contributed by atoms with Crippen molar-refractivity contribution in [2.24, 2.45) is 17.8 Å². The molecule has 7 rings (SSSR count). The van der Waals surface area contributed by atoms with E-state index in [1.165, 1.54) is 19.3 Å². The van der Waals surface area contributed by atoms with Crippen LogP contribution in [0.25, 0.3) is 0 Å². The number of morpholine rings is 1. The molecular formula is C29H37FN6O3. The predicted octanol–water partition coefficient (Wildman–Crippen LogP) is 3.06. The molecule has 0 spiro atoms. The normalized spacial score (nSPS) is 37.4. The van der Waals surface area contributed by atoms with E-state index in [9.17, 15) is 9.59 Å². The van der Waals surface area contributed by atoms with Gasteiger partial charge in [-0.15, -0.1) is 0 Å². The smallest absolute Gasteiger partial charge is 0.256 e. The number of nitrogens with one attached hydrogen (secondary N) is 1. The Balaban J connectivity index is 1.20. The zero-order valence-corrected chi connectivity index (χ0v) is 22.1. The minimum absolute atomic E-state index is 0.0356. The summed E-state index contributed by atoms with van der Waals surface area (Å²) in [6.45, 7) is 1.18. The van der Waals surface area contributed by atoms with Crippen molar-refractivity contribution in [2.45, 2.75) is 94.4 Å². The summed E-state index contributed by atoms with van der Waals surface area (Å²) >= 11 is 0. The Kier molecular flexibility index (Phi) is 6.53. The van der Waals surface area contributed by atoms with E-state index in [1.54, 1.807) is 31.2 Å². The molecule has 0 radical (unpaired) electrons. The molecule has 2 aliphatic heterocycles. The number of halogens is 1. The highest BCUT2D eigenvalue weighted by Gasteiger charge is 2.61. The van der Waals surface area contributed by atoms with Crippen LogP contribution in [-0.4, -0.2) is 72.7 Å². The summed E-state index contributed by atoms with van der Waals surface area (Å²) in [6, 6.07) is -0.706. The fraction of sp³-hybridized carbons (Fsp3) is 0.655. The van der Waals surface area contributed by atoms with Gasteiger partial charge in [-0.3, -0.25) is 9.59 Å². The average Bonchev–Trinajstić information content (AvgIpc) is 3.67. The van der Waals surface area contributed by atoms with E-state index >= 15 is 4.39 Å². The molecule has 3 saturated carbocycles. The lowest BCUT2D eigenvalue weighted by molar-refractivity contribution is -0.220. The highest BCUT2D eigenvalue weighted by molar-refractivity contribution is 6.20. The maximum absolute atomic E-state index is 15.9. The third-order valence-electron chi connectivity index (χ3n) is 10.00. The molecule has 39 heavy (non-hydrogen) atoms. The fourth-order valence-electron chi connectivity index (χ4n) is 8.33. The Morgan fingerprint density at radius 1 is 1.05 bits per heavy atom. The van der Waals surface area contributed by atoms with Crippen molar-refractivity contribution >= 4 is 11.7 Å². The molecule has 1 amide bonds. The molecule has 9 unspecified atom stereocenters. The summed E-state index contributed by atoms with van der Waals surface area (Å²) in [5, 5.41) is 2.96. The van der Waals surface area contributed by atoms with Crippen molar-refractivity contribution in [2.75, 3.05) is 6.54 Å². The molecular weight excluding hydrogens is 499 g/mol. The van der Waals surface area contributed by atoms with Crippen LogP contribution >= 0.6 is 0 Å². The van der Waals surface area contributed by atoms with Gasteiger partial charge in [0, 0.05) is 50.0 Å². The number of hydrogen-bond donors (Lipinski definition) is 1. The summed E-state index contributed by atoms with van der Waals surface area (Å²) in [6.07, 6.45) is 18.2. The standard InChI is InChI=1S/C29H37FN6O3/c30-22-14-20-25-28(26(22)35-13-10-32-17-35)39-23-7-6-18-4-1-2-5-19(18)24(23)36(25)15-21(27(20)37)29(38)33-8-3-11-34-12-9-31-16-34/h9-10,12-13,15-20,22-26,28H,1-8,11,14H2,(H,33,38). The maximum atomic E-state index is 15.9. The van der Waals surface area contributed by atoms with Crippen LogP contribution < -0.4 is 5.32 Å². The molecule has 1 N–H and O–H groups in total. The van der Waals surface area contributed by atoms with Crippen LogP contribution in [0, 0.1) is 17.8 Å². The van der Waals surface area contributed by atoms with Crippen LogP contribution in [0.3, 0.4) is 0 Å². The molecule has 9 atom stereocenters. The van der Waals surface area contributed by atoms with Gasteiger partial charge in [-0.2, -0.15) is 0 Å². The van der Waals surface area contributed by atoms with E-state index in [4.69, 9.17) is 4.74 Å². The lowest BCUT2D eigenvalue weighted by Gasteiger charge is -2.62. The van der Waals surface area contributed by atoms with E-state index in [0.29, 0.717) is 18.4 Å². The Morgan fingerprint density at radius 3 is 2.72 bits per heavy atom. The van der Waals surface area contributed by atoms with Crippen LogP contribution in [0.15, 0.2) is 49.2 Å². The van der Waals surface area contributed by atoms with Gasteiger partial charge < -0.3 is 24.1 Å². The van der Waals surface area contributed by atoms with Crippen LogP contribution in [0.4, 0.5) is 4.39 Å².